The Balaban J connectivity index is 1.92. The molecule has 124 valence electrons. The number of aromatic nitrogens is 3. The largest absolute Gasteiger partial charge is 0.264 e. The lowest BCUT2D eigenvalue weighted by Crippen LogP contribution is -2.24. The van der Waals surface area contributed by atoms with Gasteiger partial charge in [0.25, 0.3) is 0 Å². The van der Waals surface area contributed by atoms with Crippen molar-refractivity contribution in [3.05, 3.63) is 71.8 Å². The van der Waals surface area contributed by atoms with Gasteiger partial charge in [-0.3, -0.25) is 4.98 Å². The number of hydrogen-bond donors (Lipinski definition) is 1. The number of rotatable bonds is 5. The van der Waals surface area contributed by atoms with Crippen molar-refractivity contribution >= 4 is 10.0 Å². The smallest absolute Gasteiger partial charge is 0.244 e. The van der Waals surface area contributed by atoms with Crippen molar-refractivity contribution < 1.29 is 8.42 Å². The van der Waals surface area contributed by atoms with Gasteiger partial charge in [-0.05, 0) is 37.6 Å². The Morgan fingerprint density at radius 2 is 1.83 bits per heavy atom. The van der Waals surface area contributed by atoms with E-state index in [0.29, 0.717) is 11.4 Å². The van der Waals surface area contributed by atoms with Crippen LogP contribution in [0.3, 0.4) is 0 Å². The maximum atomic E-state index is 12.7. The molecular formula is C17H18N4O2S. The second-order valence-electron chi connectivity index (χ2n) is 5.43. The molecule has 0 aliphatic heterocycles. The van der Waals surface area contributed by atoms with Crippen LogP contribution < -0.4 is 4.72 Å². The fourth-order valence-electron chi connectivity index (χ4n) is 2.59. The Kier molecular flexibility index (Phi) is 4.46. The second-order valence-corrected chi connectivity index (χ2v) is 7.14. The lowest BCUT2D eigenvalue weighted by Gasteiger charge is -2.08. The highest BCUT2D eigenvalue weighted by Gasteiger charge is 2.24. The summed E-state index contributed by atoms with van der Waals surface area (Å²) in [5.41, 5.74) is 2.67. The minimum absolute atomic E-state index is 0.186. The molecule has 3 rings (SSSR count). The first kappa shape index (κ1) is 16.4. The summed E-state index contributed by atoms with van der Waals surface area (Å²) >= 11 is 0. The number of pyridine rings is 1. The molecule has 7 heteroatoms. The maximum absolute atomic E-state index is 12.7. The molecule has 0 saturated heterocycles. The molecule has 2 aromatic heterocycles. The Morgan fingerprint density at radius 1 is 1.08 bits per heavy atom. The van der Waals surface area contributed by atoms with Crippen molar-refractivity contribution in [2.45, 2.75) is 25.3 Å². The predicted molar refractivity (Wildman–Crippen MR) is 91.3 cm³/mol. The summed E-state index contributed by atoms with van der Waals surface area (Å²) in [5.74, 6) is 0. The quantitative estimate of drug-likeness (QED) is 0.772. The van der Waals surface area contributed by atoms with Gasteiger partial charge in [-0.2, -0.15) is 5.10 Å². The second kappa shape index (κ2) is 6.54. The van der Waals surface area contributed by atoms with E-state index in [-0.39, 0.29) is 11.4 Å². The molecule has 0 aliphatic carbocycles. The van der Waals surface area contributed by atoms with Crippen LogP contribution in [0.25, 0.3) is 5.69 Å². The van der Waals surface area contributed by atoms with Gasteiger partial charge < -0.3 is 0 Å². The zero-order valence-electron chi connectivity index (χ0n) is 13.5. The monoisotopic (exact) mass is 342 g/mol. The number of nitrogens with zero attached hydrogens (tertiary/aromatic N) is 3. The number of benzene rings is 1. The van der Waals surface area contributed by atoms with E-state index in [1.54, 1.807) is 37.0 Å². The first-order valence-electron chi connectivity index (χ1n) is 7.49. The number of aryl methyl sites for hydroxylation is 1. The summed E-state index contributed by atoms with van der Waals surface area (Å²) in [6.07, 6.45) is 3.28. The van der Waals surface area contributed by atoms with Gasteiger partial charge in [0.15, 0.2) is 0 Å². The lowest BCUT2D eigenvalue weighted by molar-refractivity contribution is 0.580. The Hall–Kier alpha value is -2.51. The molecule has 0 unspecified atom stereocenters. The average molecular weight is 342 g/mol. The fourth-order valence-corrected chi connectivity index (χ4v) is 4.00. The normalized spacial score (nSPS) is 11.6. The minimum atomic E-state index is -3.67. The molecule has 0 saturated carbocycles. The topological polar surface area (TPSA) is 76.9 Å². The molecule has 3 aromatic rings. The van der Waals surface area contributed by atoms with Gasteiger partial charge in [-0.25, -0.2) is 17.8 Å². The number of hydrogen-bond acceptors (Lipinski definition) is 4. The summed E-state index contributed by atoms with van der Waals surface area (Å²) in [5, 5.41) is 4.39. The van der Waals surface area contributed by atoms with E-state index in [1.165, 1.54) is 0 Å². The van der Waals surface area contributed by atoms with Crippen LogP contribution in [0.15, 0.2) is 59.8 Å². The zero-order chi connectivity index (χ0) is 17.2. The van der Waals surface area contributed by atoms with Crippen LogP contribution >= 0.6 is 0 Å². The third-order valence-corrected chi connectivity index (χ3v) is 5.34. The number of sulfonamides is 1. The van der Waals surface area contributed by atoms with Crippen LogP contribution in [0.2, 0.25) is 0 Å². The standard InChI is InChI=1S/C17H18N4O2S/c1-13-17(14(2)21(20-13)16-8-4-3-5-9-16)24(22,23)19-12-15-7-6-10-18-11-15/h3-11,19H,12H2,1-2H3. The van der Waals surface area contributed by atoms with Gasteiger partial charge in [0, 0.05) is 18.9 Å². The molecule has 0 spiro atoms. The summed E-state index contributed by atoms with van der Waals surface area (Å²) in [6.45, 7) is 3.64. The SMILES string of the molecule is Cc1nn(-c2ccccc2)c(C)c1S(=O)(=O)NCc1cccnc1. The summed E-state index contributed by atoms with van der Waals surface area (Å²) in [4.78, 5) is 4.20. The van der Waals surface area contributed by atoms with Gasteiger partial charge in [0.05, 0.1) is 17.1 Å². The summed E-state index contributed by atoms with van der Waals surface area (Å²) in [7, 11) is -3.67. The van der Waals surface area contributed by atoms with Crippen LogP contribution in [-0.2, 0) is 16.6 Å². The molecule has 0 fully saturated rings. The van der Waals surface area contributed by atoms with Gasteiger partial charge in [-0.15, -0.1) is 0 Å². The van der Waals surface area contributed by atoms with Crippen molar-refractivity contribution in [3.8, 4) is 5.69 Å². The summed E-state index contributed by atoms with van der Waals surface area (Å²) in [6, 6.07) is 13.1. The maximum Gasteiger partial charge on any atom is 0.244 e. The highest BCUT2D eigenvalue weighted by molar-refractivity contribution is 7.89. The van der Waals surface area contributed by atoms with Crippen molar-refractivity contribution in [3.63, 3.8) is 0 Å². The predicted octanol–water partition coefficient (Wildman–Crippen LogP) is 2.36. The van der Waals surface area contributed by atoms with Gasteiger partial charge in [0.1, 0.15) is 4.90 Å². The molecule has 0 aliphatic rings. The lowest BCUT2D eigenvalue weighted by atomic mass is 10.3. The van der Waals surface area contributed by atoms with E-state index >= 15 is 0 Å². The van der Waals surface area contributed by atoms with Crippen LogP contribution in [0.4, 0.5) is 0 Å². The molecule has 0 amide bonds. The molecule has 0 bridgehead atoms. The minimum Gasteiger partial charge on any atom is -0.264 e. The molecular weight excluding hydrogens is 324 g/mol. The Labute approximate surface area is 141 Å². The molecule has 1 N–H and O–H groups in total. The third-order valence-electron chi connectivity index (χ3n) is 3.68. The highest BCUT2D eigenvalue weighted by Crippen LogP contribution is 2.22. The van der Waals surface area contributed by atoms with Crippen LogP contribution in [-0.4, -0.2) is 23.2 Å². The molecule has 1 aromatic carbocycles. The van der Waals surface area contributed by atoms with Crippen LogP contribution in [0, 0.1) is 13.8 Å². The van der Waals surface area contributed by atoms with Gasteiger partial charge in [-0.1, -0.05) is 24.3 Å². The molecule has 2 heterocycles. The Morgan fingerprint density at radius 3 is 2.50 bits per heavy atom. The van der Waals surface area contributed by atoms with Crippen LogP contribution in [0.1, 0.15) is 17.0 Å². The van der Waals surface area contributed by atoms with E-state index < -0.39 is 10.0 Å². The van der Waals surface area contributed by atoms with E-state index in [0.717, 1.165) is 11.3 Å². The van der Waals surface area contributed by atoms with Crippen molar-refractivity contribution in [1.29, 1.82) is 0 Å². The van der Waals surface area contributed by atoms with Gasteiger partial charge >= 0.3 is 0 Å². The first-order chi connectivity index (χ1) is 11.5. The molecule has 24 heavy (non-hydrogen) atoms. The Bertz CT molecular complexity index is 935. The number of para-hydroxylation sites is 1. The molecule has 6 nitrogen and oxygen atoms in total. The van der Waals surface area contributed by atoms with Crippen LogP contribution in [0.5, 0.6) is 0 Å². The highest BCUT2D eigenvalue weighted by atomic mass is 32.2. The first-order valence-corrected chi connectivity index (χ1v) is 8.97. The molecule has 0 radical (unpaired) electrons. The van der Waals surface area contributed by atoms with E-state index in [9.17, 15) is 8.42 Å². The average Bonchev–Trinajstić information content (AvgIpc) is 2.90. The van der Waals surface area contributed by atoms with E-state index in [2.05, 4.69) is 14.8 Å². The number of nitrogens with one attached hydrogen (secondary N) is 1. The van der Waals surface area contributed by atoms with E-state index in [4.69, 9.17) is 0 Å². The van der Waals surface area contributed by atoms with Crippen molar-refractivity contribution in [2.75, 3.05) is 0 Å². The fraction of sp³-hybridized carbons (Fsp3) is 0.176. The van der Waals surface area contributed by atoms with Crippen molar-refractivity contribution in [1.82, 2.24) is 19.5 Å². The zero-order valence-corrected chi connectivity index (χ0v) is 14.3. The molecule has 0 atom stereocenters. The van der Waals surface area contributed by atoms with Crippen molar-refractivity contribution in [2.24, 2.45) is 0 Å². The van der Waals surface area contributed by atoms with E-state index in [1.807, 2.05) is 36.4 Å². The van der Waals surface area contributed by atoms with Gasteiger partial charge in [0.2, 0.25) is 10.0 Å². The third kappa shape index (κ3) is 3.22. The summed E-state index contributed by atoms with van der Waals surface area (Å²) < 4.78 is 29.7.